The van der Waals surface area contributed by atoms with Crippen LogP contribution < -0.4 is 16.4 Å². The first kappa shape index (κ1) is 37.8. The molecule has 0 saturated heterocycles. The molecule has 3 atom stereocenters. The Balaban J connectivity index is 2.67. The smallest absolute Gasteiger partial charge is 0.408 e. The van der Waals surface area contributed by atoms with Crippen LogP contribution in [0.25, 0.3) is 0 Å². The third kappa shape index (κ3) is 11.8. The fourth-order valence-electron chi connectivity index (χ4n) is 4.82. The summed E-state index contributed by atoms with van der Waals surface area (Å²) in [6, 6.07) is 12.4. The van der Waals surface area contributed by atoms with Crippen LogP contribution in [0, 0.1) is 6.92 Å². The van der Waals surface area contributed by atoms with Gasteiger partial charge in [-0.1, -0.05) is 54.6 Å². The van der Waals surface area contributed by atoms with Gasteiger partial charge >= 0.3 is 12.1 Å². The van der Waals surface area contributed by atoms with E-state index in [9.17, 15) is 24.0 Å². The summed E-state index contributed by atoms with van der Waals surface area (Å²) in [5, 5.41) is 5.34. The number of primary amides is 1. The highest BCUT2D eigenvalue weighted by Crippen LogP contribution is 2.32. The molecule has 252 valence electrons. The number of hydrogen-bond acceptors (Lipinski definition) is 7. The zero-order valence-corrected chi connectivity index (χ0v) is 28.7. The minimum atomic E-state index is -1.45. The molecular weight excluding hydrogens is 588 g/mol. The molecule has 2 aromatic carbocycles. The molecule has 0 aliphatic carbocycles. The van der Waals surface area contributed by atoms with Crippen LogP contribution in [0.15, 0.2) is 54.6 Å². The van der Waals surface area contributed by atoms with Gasteiger partial charge in [0, 0.05) is 12.0 Å². The lowest BCUT2D eigenvalue weighted by Crippen LogP contribution is -2.60. The molecule has 0 spiro atoms. The van der Waals surface area contributed by atoms with Crippen molar-refractivity contribution < 1.29 is 33.4 Å². The Kier molecular flexibility index (Phi) is 12.5. The van der Waals surface area contributed by atoms with Crippen LogP contribution in [0.2, 0.25) is 0 Å². The van der Waals surface area contributed by atoms with Crippen molar-refractivity contribution in [1.82, 2.24) is 15.5 Å². The third-order valence-corrected chi connectivity index (χ3v) is 6.63. The van der Waals surface area contributed by atoms with Crippen molar-refractivity contribution in [3.63, 3.8) is 0 Å². The average Bonchev–Trinajstić information content (AvgIpc) is 2.88. The quantitative estimate of drug-likeness (QED) is 0.306. The maximum Gasteiger partial charge on any atom is 0.408 e. The fourth-order valence-corrected chi connectivity index (χ4v) is 4.82. The summed E-state index contributed by atoms with van der Waals surface area (Å²) in [5.41, 5.74) is 4.74. The second-order valence-corrected chi connectivity index (χ2v) is 14.3. The van der Waals surface area contributed by atoms with E-state index in [1.165, 1.54) is 4.90 Å². The van der Waals surface area contributed by atoms with Gasteiger partial charge in [0.05, 0.1) is 6.42 Å². The van der Waals surface area contributed by atoms with Crippen LogP contribution in [0.3, 0.4) is 0 Å². The number of aryl methyl sites for hydroxylation is 1. The predicted molar refractivity (Wildman–Crippen MR) is 175 cm³/mol. The second-order valence-electron chi connectivity index (χ2n) is 14.3. The second kappa shape index (κ2) is 15.2. The van der Waals surface area contributed by atoms with Crippen LogP contribution in [0.4, 0.5) is 4.79 Å². The number of nitrogens with zero attached hydrogens (tertiary/aromatic N) is 1. The number of nitrogens with two attached hydrogens (primary N) is 1. The van der Waals surface area contributed by atoms with Crippen LogP contribution in [-0.2, 0) is 35.1 Å². The minimum absolute atomic E-state index is 0.135. The predicted octanol–water partition coefficient (Wildman–Crippen LogP) is 4.50. The van der Waals surface area contributed by atoms with Gasteiger partial charge in [-0.2, -0.15) is 0 Å². The zero-order chi connectivity index (χ0) is 35.0. The molecule has 11 heteroatoms. The van der Waals surface area contributed by atoms with E-state index in [-0.39, 0.29) is 6.42 Å². The van der Waals surface area contributed by atoms with Gasteiger partial charge in [0.15, 0.2) is 0 Å². The molecule has 0 aliphatic rings. The lowest BCUT2D eigenvalue weighted by atomic mass is 9.92. The number of ether oxygens (including phenoxy) is 2. The molecule has 0 radical (unpaired) electrons. The number of carbonyl (C=O) groups is 5. The topological polar surface area (TPSA) is 157 Å². The van der Waals surface area contributed by atoms with Crippen molar-refractivity contribution in [1.29, 1.82) is 0 Å². The molecule has 0 heterocycles. The molecule has 0 bridgehead atoms. The number of hydrogen-bond donors (Lipinski definition) is 3. The Morgan fingerprint density at radius 2 is 1.30 bits per heavy atom. The average molecular weight is 639 g/mol. The first-order valence-corrected chi connectivity index (χ1v) is 15.3. The Morgan fingerprint density at radius 1 is 0.761 bits per heavy atom. The number of carbonyl (C=O) groups excluding carboxylic acids is 5. The largest absolute Gasteiger partial charge is 0.458 e. The number of nitrogens with one attached hydrogen (secondary N) is 2. The number of alkyl carbamates (subject to hydrolysis) is 1. The van der Waals surface area contributed by atoms with E-state index in [1.807, 2.05) is 30.3 Å². The summed E-state index contributed by atoms with van der Waals surface area (Å²) >= 11 is 0. The monoisotopic (exact) mass is 638 g/mol. The molecule has 0 aliphatic heterocycles. The molecular formula is C35H50N4O7. The van der Waals surface area contributed by atoms with Gasteiger partial charge in [-0.3, -0.25) is 14.4 Å². The van der Waals surface area contributed by atoms with Crippen LogP contribution >= 0.6 is 0 Å². The van der Waals surface area contributed by atoms with E-state index in [0.717, 1.165) is 5.56 Å². The highest BCUT2D eigenvalue weighted by atomic mass is 16.6. The van der Waals surface area contributed by atoms with Gasteiger partial charge in [0.2, 0.25) is 17.7 Å². The van der Waals surface area contributed by atoms with Gasteiger partial charge in [0.1, 0.15) is 29.3 Å². The SMILES string of the molecule is Cc1ccccc1C(C(=O)NC(Cc1ccccc1)C(=O)OC(C)(C)C)N(C(=O)C(CC(N)=O)NC(=O)OC(C)(C)C)C(C)(C)C. The van der Waals surface area contributed by atoms with Gasteiger partial charge in [-0.05, 0) is 85.9 Å². The Labute approximate surface area is 272 Å². The van der Waals surface area contributed by atoms with E-state index in [1.54, 1.807) is 93.5 Å². The first-order valence-electron chi connectivity index (χ1n) is 15.3. The van der Waals surface area contributed by atoms with Crippen LogP contribution in [0.1, 0.15) is 91.5 Å². The molecule has 0 aromatic heterocycles. The summed E-state index contributed by atoms with van der Waals surface area (Å²) in [6.07, 6.45) is -1.33. The number of amides is 4. The van der Waals surface area contributed by atoms with Crippen molar-refractivity contribution in [2.24, 2.45) is 5.73 Å². The van der Waals surface area contributed by atoms with Crippen LogP contribution in [-0.4, -0.2) is 63.5 Å². The molecule has 3 unspecified atom stereocenters. The molecule has 11 nitrogen and oxygen atoms in total. The van der Waals surface area contributed by atoms with Crippen molar-refractivity contribution in [3.05, 3.63) is 71.3 Å². The standard InChI is InChI=1S/C35H50N4O7/c1-22-16-14-15-19-24(22)28(29(41)37-26(31(43)45-34(5,6)7)20-23-17-12-11-13-18-23)39(33(2,3)4)30(42)25(21-27(36)40)38-32(44)46-35(8,9)10/h11-19,25-26,28H,20-21H2,1-10H3,(H2,36,40)(H,37,41)(H,38,44). The maximum atomic E-state index is 14.5. The lowest BCUT2D eigenvalue weighted by Gasteiger charge is -2.43. The summed E-state index contributed by atoms with van der Waals surface area (Å²) in [5.74, 6) is -2.87. The van der Waals surface area contributed by atoms with Crippen molar-refractivity contribution >= 4 is 29.8 Å². The van der Waals surface area contributed by atoms with E-state index >= 15 is 0 Å². The Morgan fingerprint density at radius 3 is 1.80 bits per heavy atom. The zero-order valence-electron chi connectivity index (χ0n) is 28.7. The highest BCUT2D eigenvalue weighted by molar-refractivity contribution is 5.96. The minimum Gasteiger partial charge on any atom is -0.458 e. The molecule has 2 aromatic rings. The van der Waals surface area contributed by atoms with E-state index < -0.39 is 71.1 Å². The molecule has 2 rings (SSSR count). The van der Waals surface area contributed by atoms with E-state index in [2.05, 4.69) is 10.6 Å². The summed E-state index contributed by atoms with van der Waals surface area (Å²) in [7, 11) is 0. The van der Waals surface area contributed by atoms with Gasteiger partial charge in [-0.15, -0.1) is 0 Å². The summed E-state index contributed by atoms with van der Waals surface area (Å²) < 4.78 is 11.0. The number of benzene rings is 2. The summed E-state index contributed by atoms with van der Waals surface area (Å²) in [6.45, 7) is 17.2. The van der Waals surface area contributed by atoms with E-state index in [0.29, 0.717) is 11.1 Å². The molecule has 4 amide bonds. The molecule has 4 N–H and O–H groups in total. The van der Waals surface area contributed by atoms with E-state index in [4.69, 9.17) is 15.2 Å². The summed E-state index contributed by atoms with van der Waals surface area (Å²) in [4.78, 5) is 68.6. The molecule has 46 heavy (non-hydrogen) atoms. The van der Waals surface area contributed by atoms with Crippen LogP contribution in [0.5, 0.6) is 0 Å². The fraction of sp³-hybridized carbons (Fsp3) is 0.514. The van der Waals surface area contributed by atoms with Crippen molar-refractivity contribution in [3.8, 4) is 0 Å². The van der Waals surface area contributed by atoms with Crippen molar-refractivity contribution in [2.75, 3.05) is 0 Å². The molecule has 0 saturated carbocycles. The number of rotatable bonds is 11. The highest BCUT2D eigenvalue weighted by Gasteiger charge is 2.43. The third-order valence-electron chi connectivity index (χ3n) is 6.63. The Bertz CT molecular complexity index is 1390. The van der Waals surface area contributed by atoms with Gasteiger partial charge in [0.25, 0.3) is 0 Å². The first-order chi connectivity index (χ1) is 21.1. The molecule has 0 fully saturated rings. The number of esters is 1. The van der Waals surface area contributed by atoms with Gasteiger partial charge < -0.3 is 30.7 Å². The lowest BCUT2D eigenvalue weighted by molar-refractivity contribution is -0.159. The Hall–Kier alpha value is -4.41. The van der Waals surface area contributed by atoms with Crippen molar-refractivity contribution in [2.45, 2.75) is 117 Å². The maximum absolute atomic E-state index is 14.5. The normalized spacial score (nSPS) is 13.9. The van der Waals surface area contributed by atoms with Gasteiger partial charge in [-0.25, -0.2) is 9.59 Å².